The van der Waals surface area contributed by atoms with Crippen LogP contribution in [-0.4, -0.2) is 10.1 Å². The van der Waals surface area contributed by atoms with Crippen molar-refractivity contribution in [3.05, 3.63) is 9.72 Å². The highest BCUT2D eigenvalue weighted by Crippen LogP contribution is 2.49. The summed E-state index contributed by atoms with van der Waals surface area (Å²) in [6, 6.07) is 0. The summed E-state index contributed by atoms with van der Waals surface area (Å²) < 4.78 is 5.90. The van der Waals surface area contributed by atoms with Crippen molar-refractivity contribution in [1.29, 1.82) is 0 Å². The molecular weight excluding hydrogens is 291 g/mol. The summed E-state index contributed by atoms with van der Waals surface area (Å²) in [6.45, 7) is 0. The first kappa shape index (κ1) is 9.12. The number of hydrogen-bond donors (Lipinski definition) is 0. The molecule has 2 fully saturated rings. The molecule has 3 nitrogen and oxygen atoms in total. The average Bonchev–Trinajstić information content (AvgIpc) is 2.82. The van der Waals surface area contributed by atoms with Gasteiger partial charge in [-0.3, -0.25) is 0 Å². The molecule has 0 aliphatic heterocycles. The Hall–Kier alpha value is -0.130. The highest BCUT2D eigenvalue weighted by molar-refractivity contribution is 14.1. The molecule has 1 aromatic heterocycles. The van der Waals surface area contributed by atoms with Crippen molar-refractivity contribution in [3.8, 4) is 0 Å². The second-order valence-corrected chi connectivity index (χ2v) is 5.56. The first-order valence-electron chi connectivity index (χ1n) is 5.29. The fourth-order valence-electron chi connectivity index (χ4n) is 3.17. The predicted molar refractivity (Wildman–Crippen MR) is 59.7 cm³/mol. The van der Waals surface area contributed by atoms with Crippen molar-refractivity contribution in [3.63, 3.8) is 0 Å². The molecule has 3 atom stereocenters. The van der Waals surface area contributed by atoms with Crippen molar-refractivity contribution in [1.82, 2.24) is 10.1 Å². The molecule has 2 aliphatic rings. The van der Waals surface area contributed by atoms with Crippen molar-refractivity contribution in [2.45, 2.75) is 32.1 Å². The number of rotatable bonds is 2. The Morgan fingerprint density at radius 1 is 1.36 bits per heavy atom. The Labute approximate surface area is 96.8 Å². The zero-order valence-corrected chi connectivity index (χ0v) is 10.1. The minimum absolute atomic E-state index is 0.737. The summed E-state index contributed by atoms with van der Waals surface area (Å²) in [7, 11) is 0. The first-order chi connectivity index (χ1) is 6.81. The highest BCUT2D eigenvalue weighted by atomic mass is 127. The van der Waals surface area contributed by atoms with Crippen molar-refractivity contribution >= 4 is 22.6 Å². The van der Waals surface area contributed by atoms with E-state index in [2.05, 4.69) is 32.7 Å². The van der Waals surface area contributed by atoms with E-state index in [-0.39, 0.29) is 0 Å². The molecule has 3 unspecified atom stereocenters. The normalized spacial score (nSPS) is 35.4. The summed E-state index contributed by atoms with van der Waals surface area (Å²) in [4.78, 5) is 4.27. The van der Waals surface area contributed by atoms with E-state index < -0.39 is 0 Å². The Bertz CT molecular complexity index is 339. The van der Waals surface area contributed by atoms with Crippen LogP contribution in [-0.2, 0) is 6.42 Å². The van der Waals surface area contributed by atoms with Crippen molar-refractivity contribution in [2.24, 2.45) is 17.8 Å². The number of halogens is 1. The molecule has 0 radical (unpaired) electrons. The third-order valence-corrected chi connectivity index (χ3v) is 4.20. The van der Waals surface area contributed by atoms with E-state index in [1.807, 2.05) is 0 Å². The largest absolute Gasteiger partial charge is 0.339 e. The van der Waals surface area contributed by atoms with Crippen molar-refractivity contribution in [2.75, 3.05) is 0 Å². The van der Waals surface area contributed by atoms with Gasteiger partial charge in [0.1, 0.15) is 0 Å². The second-order valence-electron chi connectivity index (χ2n) is 4.60. The average molecular weight is 304 g/mol. The zero-order chi connectivity index (χ0) is 9.54. The van der Waals surface area contributed by atoms with E-state index in [1.54, 1.807) is 0 Å². The van der Waals surface area contributed by atoms with Crippen LogP contribution in [0.2, 0.25) is 0 Å². The quantitative estimate of drug-likeness (QED) is 0.789. The summed E-state index contributed by atoms with van der Waals surface area (Å²) in [5.74, 6) is 3.62. The molecule has 14 heavy (non-hydrogen) atoms. The van der Waals surface area contributed by atoms with E-state index in [0.29, 0.717) is 0 Å². The van der Waals surface area contributed by atoms with Crippen LogP contribution in [0.3, 0.4) is 0 Å². The molecular formula is C10H13IN2O. The minimum atomic E-state index is 0.737. The van der Waals surface area contributed by atoms with Gasteiger partial charge in [-0.2, -0.15) is 4.98 Å². The Kier molecular flexibility index (Phi) is 2.26. The molecule has 0 spiro atoms. The van der Waals surface area contributed by atoms with Gasteiger partial charge in [-0.05, 0) is 37.0 Å². The van der Waals surface area contributed by atoms with Crippen LogP contribution >= 0.6 is 22.6 Å². The Balaban J connectivity index is 1.68. The van der Waals surface area contributed by atoms with Crippen LogP contribution in [0.4, 0.5) is 0 Å². The summed E-state index contributed by atoms with van der Waals surface area (Å²) in [5, 5.41) is 3.82. The predicted octanol–water partition coefficient (Wildman–Crippen LogP) is 2.65. The molecule has 4 heteroatoms. The molecule has 1 heterocycles. The molecule has 3 rings (SSSR count). The molecule has 2 saturated carbocycles. The topological polar surface area (TPSA) is 38.9 Å². The maximum absolute atomic E-state index is 5.17. The SMILES string of the molecule is Ic1noc(CC2CC3CCC2C3)n1. The fraction of sp³-hybridized carbons (Fsp3) is 0.800. The maximum atomic E-state index is 5.17. The van der Waals surface area contributed by atoms with Crippen LogP contribution in [0, 0.1) is 21.6 Å². The molecule has 0 amide bonds. The van der Waals surface area contributed by atoms with Gasteiger partial charge in [0, 0.05) is 29.0 Å². The lowest BCUT2D eigenvalue weighted by Crippen LogP contribution is -2.13. The minimum Gasteiger partial charge on any atom is -0.339 e. The van der Waals surface area contributed by atoms with Gasteiger partial charge in [0.05, 0.1) is 0 Å². The first-order valence-corrected chi connectivity index (χ1v) is 6.37. The van der Waals surface area contributed by atoms with Crippen molar-refractivity contribution < 1.29 is 4.52 Å². The molecule has 76 valence electrons. The molecule has 2 aliphatic carbocycles. The number of aromatic nitrogens is 2. The summed E-state index contributed by atoms with van der Waals surface area (Å²) >= 11 is 2.09. The maximum Gasteiger partial charge on any atom is 0.232 e. The Morgan fingerprint density at radius 3 is 2.86 bits per heavy atom. The lowest BCUT2D eigenvalue weighted by atomic mass is 9.86. The monoisotopic (exact) mass is 304 g/mol. The fourth-order valence-corrected chi connectivity index (χ4v) is 3.54. The van der Waals surface area contributed by atoms with Crippen LogP contribution < -0.4 is 0 Å². The van der Waals surface area contributed by atoms with Gasteiger partial charge in [-0.15, -0.1) is 0 Å². The lowest BCUT2D eigenvalue weighted by molar-refractivity contribution is 0.288. The molecule has 1 aromatic rings. The number of hydrogen-bond acceptors (Lipinski definition) is 3. The lowest BCUT2D eigenvalue weighted by Gasteiger charge is -2.19. The van der Waals surface area contributed by atoms with E-state index in [0.717, 1.165) is 33.9 Å². The van der Waals surface area contributed by atoms with Gasteiger partial charge in [0.15, 0.2) is 0 Å². The van der Waals surface area contributed by atoms with E-state index in [4.69, 9.17) is 4.52 Å². The molecule has 0 saturated heterocycles. The third-order valence-electron chi connectivity index (χ3n) is 3.76. The van der Waals surface area contributed by atoms with Crippen LogP contribution in [0.5, 0.6) is 0 Å². The molecule has 2 bridgehead atoms. The van der Waals surface area contributed by atoms with Gasteiger partial charge in [-0.25, -0.2) is 0 Å². The van der Waals surface area contributed by atoms with E-state index >= 15 is 0 Å². The van der Waals surface area contributed by atoms with Gasteiger partial charge < -0.3 is 4.52 Å². The zero-order valence-electron chi connectivity index (χ0n) is 7.95. The third kappa shape index (κ3) is 1.57. The number of nitrogens with zero attached hydrogens (tertiary/aromatic N) is 2. The van der Waals surface area contributed by atoms with Gasteiger partial charge in [0.2, 0.25) is 9.72 Å². The van der Waals surface area contributed by atoms with Crippen LogP contribution in [0.15, 0.2) is 4.52 Å². The summed E-state index contributed by atoms with van der Waals surface area (Å²) in [5.41, 5.74) is 0. The number of fused-ring (bicyclic) bond motifs is 2. The Morgan fingerprint density at radius 2 is 2.29 bits per heavy atom. The van der Waals surface area contributed by atoms with E-state index in [1.165, 1.54) is 25.7 Å². The van der Waals surface area contributed by atoms with Crippen LogP contribution in [0.1, 0.15) is 31.6 Å². The summed E-state index contributed by atoms with van der Waals surface area (Å²) in [6.07, 6.45) is 6.75. The van der Waals surface area contributed by atoms with Gasteiger partial charge in [0.25, 0.3) is 0 Å². The van der Waals surface area contributed by atoms with Gasteiger partial charge >= 0.3 is 0 Å². The smallest absolute Gasteiger partial charge is 0.232 e. The molecule has 0 aromatic carbocycles. The van der Waals surface area contributed by atoms with Gasteiger partial charge in [-0.1, -0.05) is 11.6 Å². The van der Waals surface area contributed by atoms with E-state index in [9.17, 15) is 0 Å². The molecule has 0 N–H and O–H groups in total. The standard InChI is InChI=1S/C10H13IN2O/c11-10-12-9(14-13-10)5-8-4-6-1-2-7(8)3-6/h6-8H,1-5H2. The second kappa shape index (κ2) is 3.47. The highest BCUT2D eigenvalue weighted by Gasteiger charge is 2.39. The van der Waals surface area contributed by atoms with Crippen LogP contribution in [0.25, 0.3) is 0 Å².